The fourth-order valence-electron chi connectivity index (χ4n) is 4.80. The van der Waals surface area contributed by atoms with Crippen LogP contribution < -0.4 is 15.5 Å². The van der Waals surface area contributed by atoms with Gasteiger partial charge in [0.15, 0.2) is 0 Å². The van der Waals surface area contributed by atoms with Crippen LogP contribution in [-0.2, 0) is 9.59 Å². The number of allylic oxidation sites excluding steroid dienone is 2. The van der Waals surface area contributed by atoms with Crippen molar-refractivity contribution < 1.29 is 19.2 Å². The number of hydrogen-bond acceptors (Lipinski definition) is 4. The second-order valence-corrected chi connectivity index (χ2v) is 9.09. The van der Waals surface area contributed by atoms with Crippen molar-refractivity contribution in [3.8, 4) is 0 Å². The first kappa shape index (κ1) is 23.2. The summed E-state index contributed by atoms with van der Waals surface area (Å²) in [6.07, 6.45) is 3.10. The molecule has 0 unspecified atom stereocenters. The number of nitrogens with one attached hydrogen (secondary N) is 2. The number of rotatable bonds is 5. The minimum absolute atomic E-state index is 0.223. The van der Waals surface area contributed by atoms with E-state index in [4.69, 9.17) is 0 Å². The van der Waals surface area contributed by atoms with Crippen LogP contribution >= 0.6 is 0 Å². The van der Waals surface area contributed by atoms with Crippen LogP contribution in [0.25, 0.3) is 0 Å². The highest BCUT2D eigenvalue weighted by molar-refractivity contribution is 6.25. The van der Waals surface area contributed by atoms with Crippen LogP contribution in [0.2, 0.25) is 0 Å². The van der Waals surface area contributed by atoms with Crippen LogP contribution in [0.5, 0.6) is 0 Å². The predicted octanol–water partition coefficient (Wildman–Crippen LogP) is 5.04. The van der Waals surface area contributed by atoms with E-state index in [1.54, 1.807) is 72.8 Å². The van der Waals surface area contributed by atoms with Gasteiger partial charge >= 0.3 is 0 Å². The van der Waals surface area contributed by atoms with Gasteiger partial charge in [-0.1, -0.05) is 48.0 Å². The van der Waals surface area contributed by atoms with Crippen LogP contribution in [0, 0.1) is 11.8 Å². The van der Waals surface area contributed by atoms with Gasteiger partial charge in [-0.15, -0.1) is 0 Å². The van der Waals surface area contributed by atoms with Crippen LogP contribution in [-0.4, -0.2) is 23.6 Å². The predicted molar refractivity (Wildman–Crippen MR) is 138 cm³/mol. The van der Waals surface area contributed by atoms with Crippen molar-refractivity contribution in [1.82, 2.24) is 0 Å². The monoisotopic (exact) mass is 479 g/mol. The Kier molecular flexibility index (Phi) is 6.21. The lowest BCUT2D eigenvalue weighted by Gasteiger charge is -2.19. The first-order valence-electron chi connectivity index (χ1n) is 11.8. The highest BCUT2D eigenvalue weighted by Gasteiger charge is 2.49. The van der Waals surface area contributed by atoms with E-state index >= 15 is 0 Å². The zero-order chi connectivity index (χ0) is 25.2. The number of carbonyl (C=O) groups excluding carboxylic acids is 4. The number of hydrogen-bond donors (Lipinski definition) is 2. The van der Waals surface area contributed by atoms with Crippen molar-refractivity contribution in [2.24, 2.45) is 11.8 Å². The molecule has 36 heavy (non-hydrogen) atoms. The molecular formula is C29H25N3O4. The molecular weight excluding hydrogens is 454 g/mol. The summed E-state index contributed by atoms with van der Waals surface area (Å²) in [7, 11) is 0. The van der Waals surface area contributed by atoms with Crippen LogP contribution in [0.1, 0.15) is 40.5 Å². The van der Waals surface area contributed by atoms with Gasteiger partial charge in [0, 0.05) is 16.9 Å². The summed E-state index contributed by atoms with van der Waals surface area (Å²) in [5.41, 5.74) is 3.11. The van der Waals surface area contributed by atoms with Crippen molar-refractivity contribution in [3.63, 3.8) is 0 Å². The molecule has 2 N–H and O–H groups in total. The number of anilines is 3. The summed E-state index contributed by atoms with van der Waals surface area (Å²) in [4.78, 5) is 53.3. The highest BCUT2D eigenvalue weighted by atomic mass is 16.2. The molecule has 0 spiro atoms. The normalized spacial score (nSPS) is 18.9. The Morgan fingerprint density at radius 1 is 0.778 bits per heavy atom. The van der Waals surface area contributed by atoms with E-state index in [-0.39, 0.29) is 40.8 Å². The van der Waals surface area contributed by atoms with E-state index in [2.05, 4.69) is 10.6 Å². The summed E-state index contributed by atoms with van der Waals surface area (Å²) < 4.78 is 0. The number of imide groups is 1. The Morgan fingerprint density at radius 2 is 1.42 bits per heavy atom. The molecule has 5 rings (SSSR count). The highest BCUT2D eigenvalue weighted by Crippen LogP contribution is 2.40. The lowest BCUT2D eigenvalue weighted by Crippen LogP contribution is -2.33. The van der Waals surface area contributed by atoms with Crippen LogP contribution in [0.4, 0.5) is 17.1 Å². The van der Waals surface area contributed by atoms with Gasteiger partial charge in [0.05, 0.1) is 23.1 Å². The maximum atomic E-state index is 13.3. The topological polar surface area (TPSA) is 95.6 Å². The second kappa shape index (κ2) is 9.62. The van der Waals surface area contributed by atoms with Gasteiger partial charge in [-0.05, 0) is 62.2 Å². The fourth-order valence-corrected chi connectivity index (χ4v) is 4.80. The lowest BCUT2D eigenvalue weighted by molar-refractivity contribution is -0.122. The summed E-state index contributed by atoms with van der Waals surface area (Å²) in [5.74, 6) is -2.02. The fraction of sp³-hybridized carbons (Fsp3) is 0.172. The van der Waals surface area contributed by atoms with E-state index in [9.17, 15) is 19.2 Å². The van der Waals surface area contributed by atoms with Crippen molar-refractivity contribution >= 4 is 40.7 Å². The summed E-state index contributed by atoms with van der Waals surface area (Å²) in [6, 6.07) is 22.2. The largest absolute Gasteiger partial charge is 0.322 e. The van der Waals surface area contributed by atoms with E-state index in [1.165, 1.54) is 4.90 Å². The zero-order valence-corrected chi connectivity index (χ0v) is 19.7. The molecule has 4 amide bonds. The minimum Gasteiger partial charge on any atom is -0.322 e. The lowest BCUT2D eigenvalue weighted by atomic mass is 9.82. The van der Waals surface area contributed by atoms with Gasteiger partial charge in [0.2, 0.25) is 11.8 Å². The number of amides is 4. The molecule has 7 heteroatoms. The number of carbonyl (C=O) groups is 4. The van der Waals surface area contributed by atoms with Crippen LogP contribution in [0.15, 0.2) is 90.5 Å². The van der Waals surface area contributed by atoms with Gasteiger partial charge in [-0.25, -0.2) is 4.90 Å². The van der Waals surface area contributed by atoms with Crippen LogP contribution in [0.3, 0.4) is 0 Å². The van der Waals surface area contributed by atoms with Crippen molar-refractivity contribution in [2.75, 3.05) is 15.5 Å². The Hall–Kier alpha value is -4.52. The molecule has 0 saturated carbocycles. The molecule has 1 saturated heterocycles. The molecule has 1 heterocycles. The van der Waals surface area contributed by atoms with Gasteiger partial charge in [-0.2, -0.15) is 0 Å². The molecule has 0 bridgehead atoms. The smallest absolute Gasteiger partial charge is 0.257 e. The number of benzene rings is 3. The average Bonchev–Trinajstić information content (AvgIpc) is 3.13. The third-order valence-corrected chi connectivity index (χ3v) is 6.63. The Balaban J connectivity index is 1.35. The summed E-state index contributed by atoms with van der Waals surface area (Å²) in [6.45, 7) is 1.97. The number of para-hydroxylation sites is 1. The summed E-state index contributed by atoms with van der Waals surface area (Å²) >= 11 is 0. The standard InChI is InChI=1S/C29H25N3O4/c1-18-14-15-22-24(16-18)29(36)32(28(22)35)25-13-6-5-12-23(25)27(34)31-21-11-7-10-20(17-21)30-26(33)19-8-3-2-4-9-19/h2-14,17,22,24H,15-16H2,1H3,(H,30,33)(H,31,34)/t22-,24+/m0/s1. The molecule has 0 aromatic heterocycles. The van der Waals surface area contributed by atoms with Crippen molar-refractivity contribution in [1.29, 1.82) is 0 Å². The van der Waals surface area contributed by atoms with Gasteiger partial charge in [0.1, 0.15) is 0 Å². The first-order chi connectivity index (χ1) is 17.4. The third kappa shape index (κ3) is 4.43. The first-order valence-corrected chi connectivity index (χ1v) is 11.8. The molecule has 2 atom stereocenters. The molecule has 1 aliphatic heterocycles. The molecule has 1 aliphatic carbocycles. The maximum absolute atomic E-state index is 13.3. The van der Waals surface area contributed by atoms with E-state index < -0.39 is 5.91 Å². The Bertz CT molecular complexity index is 1400. The zero-order valence-electron chi connectivity index (χ0n) is 19.7. The summed E-state index contributed by atoms with van der Waals surface area (Å²) in [5, 5.41) is 5.64. The number of fused-ring (bicyclic) bond motifs is 1. The Morgan fingerprint density at radius 3 is 2.17 bits per heavy atom. The van der Waals surface area contributed by atoms with Gasteiger partial charge in [-0.3, -0.25) is 19.2 Å². The van der Waals surface area contributed by atoms with Gasteiger partial charge in [0.25, 0.3) is 11.8 Å². The molecule has 2 aliphatic rings. The molecule has 180 valence electrons. The molecule has 0 radical (unpaired) electrons. The molecule has 3 aromatic carbocycles. The number of nitrogens with zero attached hydrogens (tertiary/aromatic N) is 1. The maximum Gasteiger partial charge on any atom is 0.257 e. The SMILES string of the molecule is CC1=CC[C@@H]2C(=O)N(c3ccccc3C(=O)Nc3cccc(NC(=O)c4ccccc4)c3)C(=O)[C@@H]2C1. The molecule has 7 nitrogen and oxygen atoms in total. The van der Waals surface area contributed by atoms with Crippen molar-refractivity contribution in [2.45, 2.75) is 19.8 Å². The average molecular weight is 480 g/mol. The van der Waals surface area contributed by atoms with E-state index in [0.29, 0.717) is 29.8 Å². The van der Waals surface area contributed by atoms with Crippen molar-refractivity contribution in [3.05, 3.63) is 102 Å². The van der Waals surface area contributed by atoms with Gasteiger partial charge < -0.3 is 10.6 Å². The molecule has 1 fully saturated rings. The minimum atomic E-state index is -0.457. The van der Waals surface area contributed by atoms with E-state index in [0.717, 1.165) is 5.57 Å². The van der Waals surface area contributed by atoms with E-state index in [1.807, 2.05) is 19.1 Å². The molecule has 3 aromatic rings. The Labute approximate surface area is 208 Å². The third-order valence-electron chi connectivity index (χ3n) is 6.63. The second-order valence-electron chi connectivity index (χ2n) is 9.09. The quantitative estimate of drug-likeness (QED) is 0.396.